The highest BCUT2D eigenvalue weighted by Gasteiger charge is 2.33. The normalized spacial score (nSPS) is 14.6. The number of carbonyl (C=O) groups is 3. The first-order valence-electron chi connectivity index (χ1n) is 9.95. The predicted molar refractivity (Wildman–Crippen MR) is 122 cm³/mol. The maximum absolute atomic E-state index is 12.8. The van der Waals surface area contributed by atoms with Gasteiger partial charge in [0.1, 0.15) is 0 Å². The molecule has 3 N–H and O–H groups in total. The van der Waals surface area contributed by atoms with Crippen LogP contribution in [0.4, 0.5) is 16.5 Å². The van der Waals surface area contributed by atoms with E-state index in [1.807, 2.05) is 19.1 Å². The summed E-state index contributed by atoms with van der Waals surface area (Å²) in [7, 11) is 0. The van der Waals surface area contributed by atoms with Crippen molar-refractivity contribution < 1.29 is 14.4 Å². The molecule has 7 nitrogen and oxygen atoms in total. The summed E-state index contributed by atoms with van der Waals surface area (Å²) < 4.78 is 0. The van der Waals surface area contributed by atoms with Crippen molar-refractivity contribution in [3.63, 3.8) is 0 Å². The smallest absolute Gasteiger partial charge is 0.257 e. The molecule has 1 unspecified atom stereocenters. The number of anilines is 3. The Kier molecular flexibility index (Phi) is 5.81. The van der Waals surface area contributed by atoms with Crippen LogP contribution in [0.1, 0.15) is 45.8 Å². The minimum absolute atomic E-state index is 0.132. The Morgan fingerprint density at radius 2 is 1.58 bits per heavy atom. The highest BCUT2D eigenvalue weighted by Crippen LogP contribution is 2.39. The molecule has 1 atom stereocenters. The van der Waals surface area contributed by atoms with E-state index in [-0.39, 0.29) is 23.6 Å². The average Bonchev–Trinajstić information content (AvgIpc) is 3.29. The molecule has 8 heteroatoms. The number of fused-ring (bicyclic) bond motifs is 1. The van der Waals surface area contributed by atoms with E-state index in [1.165, 1.54) is 18.3 Å². The second-order valence-corrected chi connectivity index (χ2v) is 8.57. The van der Waals surface area contributed by atoms with Crippen molar-refractivity contribution in [2.75, 3.05) is 16.0 Å². The van der Waals surface area contributed by atoms with Gasteiger partial charge >= 0.3 is 0 Å². The molecule has 0 aliphatic heterocycles. The number of hydrogen-bond donors (Lipinski definition) is 3. The summed E-state index contributed by atoms with van der Waals surface area (Å²) in [6, 6.07) is 14.3. The van der Waals surface area contributed by atoms with E-state index in [4.69, 9.17) is 0 Å². The molecule has 158 valence electrons. The van der Waals surface area contributed by atoms with E-state index in [0.717, 1.165) is 22.6 Å². The van der Waals surface area contributed by atoms with Crippen LogP contribution >= 0.6 is 11.3 Å². The van der Waals surface area contributed by atoms with E-state index < -0.39 is 0 Å². The van der Waals surface area contributed by atoms with Crippen molar-refractivity contribution in [2.45, 2.75) is 32.6 Å². The second kappa shape index (κ2) is 8.69. The van der Waals surface area contributed by atoms with Gasteiger partial charge in [0.25, 0.3) is 5.91 Å². The topological polar surface area (TPSA) is 100 Å². The number of nitrogens with one attached hydrogen (secondary N) is 3. The van der Waals surface area contributed by atoms with E-state index in [2.05, 4.69) is 20.9 Å². The SMILES string of the molecule is CC(=O)Nc1ccc(NC(=O)C2CCc3sc(NC(=O)c4ccc(C)cc4)nc32)cc1. The Morgan fingerprint density at radius 3 is 2.23 bits per heavy atom. The molecule has 1 aliphatic rings. The number of nitrogens with zero attached hydrogens (tertiary/aromatic N) is 1. The zero-order chi connectivity index (χ0) is 22.0. The number of benzene rings is 2. The van der Waals surface area contributed by atoms with Crippen LogP contribution < -0.4 is 16.0 Å². The van der Waals surface area contributed by atoms with Crippen molar-refractivity contribution in [1.29, 1.82) is 0 Å². The van der Waals surface area contributed by atoms with Gasteiger partial charge in [0.2, 0.25) is 11.8 Å². The summed E-state index contributed by atoms with van der Waals surface area (Å²) >= 11 is 1.42. The zero-order valence-corrected chi connectivity index (χ0v) is 18.0. The average molecular weight is 435 g/mol. The highest BCUT2D eigenvalue weighted by atomic mass is 32.1. The molecule has 1 aromatic heterocycles. The Hall–Kier alpha value is -3.52. The van der Waals surface area contributed by atoms with Gasteiger partial charge in [-0.1, -0.05) is 17.7 Å². The first kappa shape index (κ1) is 20.7. The van der Waals surface area contributed by atoms with Crippen molar-refractivity contribution >= 4 is 45.6 Å². The summed E-state index contributed by atoms with van der Waals surface area (Å²) in [6.45, 7) is 3.41. The molecule has 0 spiro atoms. The zero-order valence-electron chi connectivity index (χ0n) is 17.2. The number of hydrogen-bond acceptors (Lipinski definition) is 5. The van der Waals surface area contributed by atoms with Crippen LogP contribution in [-0.2, 0) is 16.0 Å². The molecule has 0 fully saturated rings. The number of aryl methyl sites for hydroxylation is 2. The van der Waals surface area contributed by atoms with Crippen LogP contribution in [-0.4, -0.2) is 22.7 Å². The van der Waals surface area contributed by atoms with E-state index in [0.29, 0.717) is 28.5 Å². The van der Waals surface area contributed by atoms with Crippen LogP contribution in [0.25, 0.3) is 0 Å². The molecule has 31 heavy (non-hydrogen) atoms. The van der Waals surface area contributed by atoms with Gasteiger partial charge in [-0.25, -0.2) is 4.98 Å². The molecule has 0 saturated heterocycles. The Bertz CT molecular complexity index is 1140. The molecule has 0 saturated carbocycles. The lowest BCUT2D eigenvalue weighted by molar-refractivity contribution is -0.117. The lowest BCUT2D eigenvalue weighted by Crippen LogP contribution is -2.20. The fourth-order valence-electron chi connectivity index (χ4n) is 3.48. The predicted octanol–water partition coefficient (Wildman–Crippen LogP) is 4.33. The van der Waals surface area contributed by atoms with Crippen molar-refractivity contribution in [3.8, 4) is 0 Å². The lowest BCUT2D eigenvalue weighted by Gasteiger charge is -2.11. The lowest BCUT2D eigenvalue weighted by atomic mass is 10.1. The van der Waals surface area contributed by atoms with Crippen LogP contribution in [0.3, 0.4) is 0 Å². The molecule has 0 bridgehead atoms. The standard InChI is InChI=1S/C23H22N4O3S/c1-13-3-5-15(6-4-13)21(29)27-23-26-20-18(11-12-19(20)31-23)22(30)25-17-9-7-16(8-10-17)24-14(2)28/h3-10,18H,11-12H2,1-2H3,(H,24,28)(H,25,30)(H,26,27,29). The first-order chi connectivity index (χ1) is 14.9. The van der Waals surface area contributed by atoms with Gasteiger partial charge in [0, 0.05) is 28.7 Å². The number of thiazole rings is 1. The molecular weight excluding hydrogens is 412 g/mol. The third kappa shape index (κ3) is 4.80. The number of amides is 3. The largest absolute Gasteiger partial charge is 0.326 e. The summed E-state index contributed by atoms with van der Waals surface area (Å²) in [5, 5.41) is 8.95. The van der Waals surface area contributed by atoms with E-state index in [9.17, 15) is 14.4 Å². The van der Waals surface area contributed by atoms with Gasteiger partial charge in [-0.15, -0.1) is 11.3 Å². The minimum atomic E-state index is -0.355. The Balaban J connectivity index is 1.41. The number of rotatable bonds is 5. The number of carbonyl (C=O) groups excluding carboxylic acids is 3. The van der Waals surface area contributed by atoms with Crippen LogP contribution in [0.15, 0.2) is 48.5 Å². The van der Waals surface area contributed by atoms with Gasteiger partial charge in [0.05, 0.1) is 11.6 Å². The molecule has 3 aromatic rings. The quantitative estimate of drug-likeness (QED) is 0.556. The van der Waals surface area contributed by atoms with E-state index >= 15 is 0 Å². The first-order valence-corrected chi connectivity index (χ1v) is 10.8. The number of aromatic nitrogens is 1. The summed E-state index contributed by atoms with van der Waals surface area (Å²) in [5.41, 5.74) is 3.70. The fourth-order valence-corrected chi connectivity index (χ4v) is 4.51. The van der Waals surface area contributed by atoms with Crippen molar-refractivity contribution in [2.24, 2.45) is 0 Å². The maximum Gasteiger partial charge on any atom is 0.257 e. The molecule has 1 aliphatic carbocycles. The molecule has 4 rings (SSSR count). The van der Waals surface area contributed by atoms with Crippen LogP contribution in [0, 0.1) is 6.92 Å². The minimum Gasteiger partial charge on any atom is -0.326 e. The van der Waals surface area contributed by atoms with E-state index in [1.54, 1.807) is 36.4 Å². The molecule has 1 heterocycles. The van der Waals surface area contributed by atoms with Crippen LogP contribution in [0.2, 0.25) is 0 Å². The van der Waals surface area contributed by atoms with Gasteiger partial charge in [-0.2, -0.15) is 0 Å². The third-order valence-electron chi connectivity index (χ3n) is 5.04. The third-order valence-corrected chi connectivity index (χ3v) is 6.09. The summed E-state index contributed by atoms with van der Waals surface area (Å²) in [6.07, 6.45) is 1.45. The highest BCUT2D eigenvalue weighted by molar-refractivity contribution is 7.16. The fraction of sp³-hybridized carbons (Fsp3) is 0.217. The maximum atomic E-state index is 12.8. The van der Waals surface area contributed by atoms with Gasteiger partial charge in [0.15, 0.2) is 5.13 Å². The van der Waals surface area contributed by atoms with Gasteiger partial charge in [-0.3, -0.25) is 19.7 Å². The summed E-state index contributed by atoms with van der Waals surface area (Å²) in [5.74, 6) is -0.851. The molecule has 2 aromatic carbocycles. The Labute approximate surface area is 183 Å². The van der Waals surface area contributed by atoms with Crippen molar-refractivity contribution in [1.82, 2.24) is 4.98 Å². The molecular formula is C23H22N4O3S. The molecule has 3 amide bonds. The molecule has 0 radical (unpaired) electrons. The van der Waals surface area contributed by atoms with Crippen LogP contribution in [0.5, 0.6) is 0 Å². The van der Waals surface area contributed by atoms with Gasteiger partial charge < -0.3 is 10.6 Å². The second-order valence-electron chi connectivity index (χ2n) is 7.49. The Morgan fingerprint density at radius 1 is 0.935 bits per heavy atom. The summed E-state index contributed by atoms with van der Waals surface area (Å²) in [4.78, 5) is 42.0. The monoisotopic (exact) mass is 434 g/mol. The van der Waals surface area contributed by atoms with Crippen molar-refractivity contribution in [3.05, 3.63) is 70.2 Å². The van der Waals surface area contributed by atoms with Gasteiger partial charge in [-0.05, 0) is 56.2 Å².